The fourth-order valence-electron chi connectivity index (χ4n) is 3.15. The first-order valence-electron chi connectivity index (χ1n) is 9.88. The first kappa shape index (κ1) is 23.3. The van der Waals surface area contributed by atoms with E-state index in [2.05, 4.69) is 20.8 Å². The zero-order chi connectivity index (χ0) is 21.8. The van der Waals surface area contributed by atoms with Gasteiger partial charge in [0.25, 0.3) is 0 Å². The lowest BCUT2D eigenvalue weighted by atomic mass is 9.87. The molecule has 0 amide bonds. The van der Waals surface area contributed by atoms with Crippen LogP contribution in [0.4, 0.5) is 0 Å². The Morgan fingerprint density at radius 2 is 1.66 bits per heavy atom. The van der Waals surface area contributed by atoms with Gasteiger partial charge in [0.2, 0.25) is 10.0 Å². The molecule has 1 aromatic carbocycles. The Balaban J connectivity index is 1.92. The van der Waals surface area contributed by atoms with Crippen LogP contribution in [0, 0.1) is 5.92 Å². The van der Waals surface area contributed by atoms with Crippen molar-refractivity contribution in [3.05, 3.63) is 29.8 Å². The average molecular weight is 426 g/mol. The van der Waals surface area contributed by atoms with E-state index >= 15 is 0 Å². The van der Waals surface area contributed by atoms with Crippen LogP contribution in [0.25, 0.3) is 0 Å². The molecule has 0 unspecified atom stereocenters. The van der Waals surface area contributed by atoms with Crippen molar-refractivity contribution in [2.75, 3.05) is 19.7 Å². The highest BCUT2D eigenvalue weighted by atomic mass is 32.2. The Morgan fingerprint density at radius 3 is 2.14 bits per heavy atom. The van der Waals surface area contributed by atoms with Crippen LogP contribution in [0.2, 0.25) is 0 Å². The zero-order valence-electron chi connectivity index (χ0n) is 17.8. The second-order valence-electron chi connectivity index (χ2n) is 8.60. The minimum atomic E-state index is -3.61. The first-order chi connectivity index (χ1) is 13.4. The monoisotopic (exact) mass is 425 g/mol. The molecule has 8 heteroatoms. The highest BCUT2D eigenvalue weighted by Gasteiger charge is 2.33. The molecule has 7 nitrogen and oxygen atoms in total. The normalized spacial score (nSPS) is 16.6. The van der Waals surface area contributed by atoms with E-state index in [1.165, 1.54) is 4.31 Å². The summed E-state index contributed by atoms with van der Waals surface area (Å²) in [6.07, 6.45) is 0.446. The van der Waals surface area contributed by atoms with Gasteiger partial charge < -0.3 is 9.47 Å². The summed E-state index contributed by atoms with van der Waals surface area (Å²) >= 11 is 0. The molecular weight excluding hydrogens is 394 g/mol. The molecule has 0 N–H and O–H groups in total. The molecule has 162 valence electrons. The fraction of sp³-hybridized carbons (Fsp3) is 0.619. The van der Waals surface area contributed by atoms with Crippen molar-refractivity contribution in [2.24, 2.45) is 5.92 Å². The lowest BCUT2D eigenvalue weighted by Crippen LogP contribution is -2.40. The maximum Gasteiger partial charge on any atom is 0.344 e. The number of piperidine rings is 1. The molecule has 0 spiro atoms. The molecule has 1 fully saturated rings. The molecule has 0 saturated carbocycles. The molecule has 1 heterocycles. The molecule has 0 aliphatic carbocycles. The molecular formula is C21H31NO6S. The summed E-state index contributed by atoms with van der Waals surface area (Å²) in [6, 6.07) is 6.95. The summed E-state index contributed by atoms with van der Waals surface area (Å²) in [4.78, 5) is 23.9. The molecule has 0 radical (unpaired) electrons. The summed E-state index contributed by atoms with van der Waals surface area (Å²) < 4.78 is 37.1. The van der Waals surface area contributed by atoms with Crippen LogP contribution in [-0.4, -0.2) is 50.5 Å². The molecule has 1 saturated heterocycles. The highest BCUT2D eigenvalue weighted by molar-refractivity contribution is 7.89. The second-order valence-corrected chi connectivity index (χ2v) is 10.5. The Bertz CT molecular complexity index is 816. The predicted octanol–water partition coefficient (Wildman–Crippen LogP) is 2.88. The summed E-state index contributed by atoms with van der Waals surface area (Å²) in [5, 5.41) is 0. The van der Waals surface area contributed by atoms with E-state index in [1.54, 1.807) is 26.0 Å². The molecule has 0 atom stereocenters. The van der Waals surface area contributed by atoms with Crippen LogP contribution in [-0.2, 0) is 34.5 Å². The Morgan fingerprint density at radius 1 is 1.10 bits per heavy atom. The molecule has 1 aliphatic heterocycles. The fourth-order valence-corrected chi connectivity index (χ4v) is 4.62. The van der Waals surface area contributed by atoms with Gasteiger partial charge in [0, 0.05) is 13.1 Å². The van der Waals surface area contributed by atoms with Gasteiger partial charge in [0.05, 0.1) is 16.9 Å². The number of ether oxygens (including phenoxy) is 2. The Kier molecular flexibility index (Phi) is 7.45. The van der Waals surface area contributed by atoms with Crippen molar-refractivity contribution in [2.45, 2.75) is 63.9 Å². The number of sulfonamides is 1. The summed E-state index contributed by atoms with van der Waals surface area (Å²) in [5.41, 5.74) is 1.01. The lowest BCUT2D eigenvalue weighted by molar-refractivity contribution is -0.164. The largest absolute Gasteiger partial charge is 0.460 e. The highest BCUT2D eigenvalue weighted by Crippen LogP contribution is 2.27. The van der Waals surface area contributed by atoms with Crippen LogP contribution in [0.3, 0.4) is 0 Å². The number of hydrogen-bond acceptors (Lipinski definition) is 6. The van der Waals surface area contributed by atoms with Crippen LogP contribution >= 0.6 is 0 Å². The maximum absolute atomic E-state index is 12.9. The minimum absolute atomic E-state index is 0.0530. The maximum atomic E-state index is 12.9. The van der Waals surface area contributed by atoms with Crippen molar-refractivity contribution in [1.82, 2.24) is 4.31 Å². The van der Waals surface area contributed by atoms with E-state index in [0.29, 0.717) is 12.8 Å². The molecule has 0 aromatic heterocycles. The molecule has 1 aliphatic rings. The van der Waals surface area contributed by atoms with E-state index in [0.717, 1.165) is 5.56 Å². The average Bonchev–Trinajstić information content (AvgIpc) is 2.65. The van der Waals surface area contributed by atoms with Gasteiger partial charge >= 0.3 is 11.9 Å². The topological polar surface area (TPSA) is 90.0 Å². The van der Waals surface area contributed by atoms with E-state index in [1.807, 2.05) is 12.1 Å². The van der Waals surface area contributed by atoms with Crippen LogP contribution < -0.4 is 0 Å². The van der Waals surface area contributed by atoms with Crippen molar-refractivity contribution < 1.29 is 27.5 Å². The van der Waals surface area contributed by atoms with Crippen molar-refractivity contribution in [3.63, 3.8) is 0 Å². The van der Waals surface area contributed by atoms with Crippen molar-refractivity contribution in [3.8, 4) is 0 Å². The van der Waals surface area contributed by atoms with Gasteiger partial charge in [-0.1, -0.05) is 32.9 Å². The molecule has 2 rings (SSSR count). The van der Waals surface area contributed by atoms with Gasteiger partial charge in [-0.05, 0) is 49.8 Å². The van der Waals surface area contributed by atoms with Crippen molar-refractivity contribution in [1.29, 1.82) is 0 Å². The number of benzene rings is 1. The summed E-state index contributed by atoms with van der Waals surface area (Å²) in [5.74, 6) is -1.50. The lowest BCUT2D eigenvalue weighted by Gasteiger charge is -2.30. The van der Waals surface area contributed by atoms with E-state index < -0.39 is 34.5 Å². The van der Waals surface area contributed by atoms with Gasteiger partial charge in [0.15, 0.2) is 6.61 Å². The van der Waals surface area contributed by atoms with E-state index in [-0.39, 0.29) is 29.5 Å². The first-order valence-corrected chi connectivity index (χ1v) is 11.3. The number of carbonyl (C=O) groups is 2. The third-order valence-electron chi connectivity index (χ3n) is 4.84. The summed E-state index contributed by atoms with van der Waals surface area (Å²) in [6.45, 7) is 9.70. The SMILES string of the molecule is CC(C)OC(=O)COC(=O)C1CCN(S(=O)(=O)c2ccc(C(C)(C)C)cc2)CC1. The van der Waals surface area contributed by atoms with E-state index in [9.17, 15) is 18.0 Å². The standard InChI is InChI=1S/C21H31NO6S/c1-15(2)28-19(23)14-27-20(24)16-10-12-22(13-11-16)29(25,26)18-8-6-17(7-9-18)21(3,4)5/h6-9,15-16H,10-14H2,1-5H3. The number of rotatable bonds is 6. The zero-order valence-corrected chi connectivity index (χ0v) is 18.6. The molecule has 29 heavy (non-hydrogen) atoms. The minimum Gasteiger partial charge on any atom is -0.460 e. The van der Waals surface area contributed by atoms with Gasteiger partial charge in [-0.25, -0.2) is 13.2 Å². The second kappa shape index (κ2) is 9.26. The van der Waals surface area contributed by atoms with E-state index in [4.69, 9.17) is 9.47 Å². The quantitative estimate of drug-likeness (QED) is 0.651. The van der Waals surface area contributed by atoms with Crippen LogP contribution in [0.1, 0.15) is 53.0 Å². The third-order valence-corrected chi connectivity index (χ3v) is 6.76. The summed E-state index contributed by atoms with van der Waals surface area (Å²) in [7, 11) is -3.61. The van der Waals surface area contributed by atoms with Gasteiger partial charge in [-0.3, -0.25) is 4.79 Å². The number of nitrogens with zero attached hydrogens (tertiary/aromatic N) is 1. The smallest absolute Gasteiger partial charge is 0.344 e. The van der Waals surface area contributed by atoms with Crippen LogP contribution in [0.15, 0.2) is 29.2 Å². The molecule has 1 aromatic rings. The molecule has 0 bridgehead atoms. The van der Waals surface area contributed by atoms with Gasteiger partial charge in [-0.2, -0.15) is 4.31 Å². The van der Waals surface area contributed by atoms with Crippen LogP contribution in [0.5, 0.6) is 0 Å². The Labute approximate surface area is 173 Å². The third kappa shape index (κ3) is 6.27. The van der Waals surface area contributed by atoms with Crippen molar-refractivity contribution >= 4 is 22.0 Å². The van der Waals surface area contributed by atoms with Gasteiger partial charge in [-0.15, -0.1) is 0 Å². The van der Waals surface area contributed by atoms with Gasteiger partial charge in [0.1, 0.15) is 0 Å². The Hall–Kier alpha value is -1.93. The number of hydrogen-bond donors (Lipinski definition) is 0. The number of carbonyl (C=O) groups excluding carboxylic acids is 2. The number of esters is 2. The predicted molar refractivity (Wildman–Crippen MR) is 109 cm³/mol.